The molecule has 0 bridgehead atoms. The van der Waals surface area contributed by atoms with Gasteiger partial charge in [-0.2, -0.15) is 10.2 Å². The van der Waals surface area contributed by atoms with E-state index in [0.29, 0.717) is 19.3 Å². The number of fused-ring (bicyclic) bond motifs is 1. The van der Waals surface area contributed by atoms with Gasteiger partial charge in [0.15, 0.2) is 5.66 Å². The third kappa shape index (κ3) is 3.14. The Morgan fingerprint density at radius 2 is 2.27 bits per heavy atom. The largest absolute Gasteiger partial charge is 0.326 e. The number of nitrogens with one attached hydrogen (secondary N) is 1. The Bertz CT molecular complexity index is 777. The molecule has 0 radical (unpaired) electrons. The van der Waals surface area contributed by atoms with Gasteiger partial charge in [0.25, 0.3) is 0 Å². The highest BCUT2D eigenvalue weighted by molar-refractivity contribution is 5.91. The van der Waals surface area contributed by atoms with Crippen LogP contribution in [0.1, 0.15) is 31.4 Å². The van der Waals surface area contributed by atoms with Crippen molar-refractivity contribution in [1.29, 1.82) is 0 Å². The molecule has 1 aliphatic heterocycles. The highest BCUT2D eigenvalue weighted by Gasteiger charge is 2.39. The summed E-state index contributed by atoms with van der Waals surface area (Å²) in [5.74, 6) is 2.53. The van der Waals surface area contributed by atoms with Gasteiger partial charge in [0.1, 0.15) is 5.65 Å². The minimum Gasteiger partial charge on any atom is -0.326 e. The van der Waals surface area contributed by atoms with E-state index in [1.165, 1.54) is 0 Å². The molecule has 2 aromatic heterocycles. The van der Waals surface area contributed by atoms with Crippen molar-refractivity contribution in [3.63, 3.8) is 0 Å². The number of hydrogen-bond acceptors (Lipinski definition) is 4. The summed E-state index contributed by atoms with van der Waals surface area (Å²) in [6.07, 6.45) is 11.4. The Hall–Kier alpha value is -2.68. The molecule has 2 aromatic rings. The second-order valence-corrected chi connectivity index (χ2v) is 5.50. The third-order valence-corrected chi connectivity index (χ3v) is 3.67. The zero-order valence-corrected chi connectivity index (χ0v) is 12.4. The normalized spacial score (nSPS) is 14.7. The van der Waals surface area contributed by atoms with Crippen molar-refractivity contribution in [3.8, 4) is 12.3 Å². The predicted molar refractivity (Wildman–Crippen MR) is 83.4 cm³/mol. The predicted octanol–water partition coefficient (Wildman–Crippen LogP) is 2.94. The molecule has 0 atom stereocenters. The molecular weight excluding hydrogens is 278 g/mol. The second-order valence-electron chi connectivity index (χ2n) is 5.50. The Labute approximate surface area is 128 Å². The van der Waals surface area contributed by atoms with Crippen LogP contribution in [-0.4, -0.2) is 21.0 Å². The molecule has 3 heterocycles. The van der Waals surface area contributed by atoms with E-state index >= 15 is 0 Å². The van der Waals surface area contributed by atoms with E-state index in [4.69, 9.17) is 6.42 Å². The fourth-order valence-electron chi connectivity index (χ4n) is 2.39. The molecule has 0 saturated heterocycles. The summed E-state index contributed by atoms with van der Waals surface area (Å²) >= 11 is 0. The van der Waals surface area contributed by atoms with Gasteiger partial charge in [0, 0.05) is 49.8 Å². The highest BCUT2D eigenvalue weighted by Crippen LogP contribution is 2.37. The molecule has 0 saturated carbocycles. The van der Waals surface area contributed by atoms with Gasteiger partial charge in [-0.1, -0.05) is 0 Å². The molecule has 6 heteroatoms. The first kappa shape index (κ1) is 14.3. The lowest BCUT2D eigenvalue weighted by Gasteiger charge is -2.09. The molecule has 22 heavy (non-hydrogen) atoms. The topological polar surface area (TPSA) is 71.1 Å². The minimum atomic E-state index is -0.409. The Morgan fingerprint density at radius 3 is 3.00 bits per heavy atom. The van der Waals surface area contributed by atoms with E-state index < -0.39 is 5.66 Å². The Balaban J connectivity index is 1.55. The van der Waals surface area contributed by atoms with Crippen LogP contribution in [0.3, 0.4) is 0 Å². The molecular formula is C16H17N5O. The molecule has 0 unspecified atom stereocenters. The number of aryl methyl sites for hydroxylation is 1. The van der Waals surface area contributed by atoms with Crippen LogP contribution in [-0.2, 0) is 4.79 Å². The van der Waals surface area contributed by atoms with Gasteiger partial charge in [-0.15, -0.1) is 12.3 Å². The first-order chi connectivity index (χ1) is 10.6. The lowest BCUT2D eigenvalue weighted by atomic mass is 10.0. The number of terminal acetylenes is 1. The minimum absolute atomic E-state index is 0.0509. The van der Waals surface area contributed by atoms with Crippen LogP contribution in [0.5, 0.6) is 0 Å². The number of carbonyl (C=O) groups excluding carboxylic acids is 1. The lowest BCUT2D eigenvalue weighted by molar-refractivity contribution is -0.116. The second kappa shape index (κ2) is 5.60. The van der Waals surface area contributed by atoms with Crippen molar-refractivity contribution in [2.24, 2.45) is 10.2 Å². The molecule has 0 aliphatic carbocycles. The van der Waals surface area contributed by atoms with E-state index in [1.807, 2.05) is 35.9 Å². The van der Waals surface area contributed by atoms with Gasteiger partial charge >= 0.3 is 0 Å². The summed E-state index contributed by atoms with van der Waals surface area (Å²) in [6, 6.07) is 3.71. The smallest absolute Gasteiger partial charge is 0.224 e. The molecule has 0 spiro atoms. The SMILES string of the molecule is C#CCCC1(CCC(=O)Nc2ccn3cc(C)nc3c2)N=N1. The quantitative estimate of drug-likeness (QED) is 0.832. The lowest BCUT2D eigenvalue weighted by Crippen LogP contribution is -2.17. The molecule has 0 aromatic carbocycles. The van der Waals surface area contributed by atoms with E-state index in [-0.39, 0.29) is 5.91 Å². The van der Waals surface area contributed by atoms with Gasteiger partial charge in [0.2, 0.25) is 5.91 Å². The number of amides is 1. The molecule has 3 rings (SSSR count). The van der Waals surface area contributed by atoms with Gasteiger partial charge in [-0.05, 0) is 13.0 Å². The Morgan fingerprint density at radius 1 is 1.45 bits per heavy atom. The van der Waals surface area contributed by atoms with Crippen molar-refractivity contribution < 1.29 is 4.79 Å². The molecule has 112 valence electrons. The number of pyridine rings is 1. The molecule has 1 aliphatic rings. The van der Waals surface area contributed by atoms with Crippen LogP contribution in [0, 0.1) is 19.3 Å². The molecule has 1 amide bonds. The summed E-state index contributed by atoms with van der Waals surface area (Å²) in [7, 11) is 0. The Kier molecular flexibility index (Phi) is 3.63. The third-order valence-electron chi connectivity index (χ3n) is 3.67. The van der Waals surface area contributed by atoms with Gasteiger partial charge < -0.3 is 9.72 Å². The number of carbonyl (C=O) groups is 1. The molecule has 1 N–H and O–H groups in total. The van der Waals surface area contributed by atoms with Crippen LogP contribution >= 0.6 is 0 Å². The number of rotatable bonds is 6. The van der Waals surface area contributed by atoms with Crippen molar-refractivity contribution >= 4 is 17.2 Å². The van der Waals surface area contributed by atoms with Crippen molar-refractivity contribution in [1.82, 2.24) is 9.38 Å². The average molecular weight is 295 g/mol. The zero-order chi connectivity index (χ0) is 15.6. The highest BCUT2D eigenvalue weighted by atomic mass is 16.1. The molecule has 0 fully saturated rings. The number of anilines is 1. The number of imidazole rings is 1. The van der Waals surface area contributed by atoms with Crippen LogP contribution < -0.4 is 5.32 Å². The van der Waals surface area contributed by atoms with Crippen LogP contribution in [0.4, 0.5) is 5.69 Å². The van der Waals surface area contributed by atoms with Gasteiger partial charge in [-0.25, -0.2) is 4.98 Å². The molecule has 6 nitrogen and oxygen atoms in total. The van der Waals surface area contributed by atoms with E-state index in [9.17, 15) is 4.79 Å². The van der Waals surface area contributed by atoms with Crippen molar-refractivity contribution in [2.45, 2.75) is 38.3 Å². The maximum atomic E-state index is 12.0. The van der Waals surface area contributed by atoms with Crippen LogP contribution in [0.25, 0.3) is 5.65 Å². The number of hydrogen-bond donors (Lipinski definition) is 1. The average Bonchev–Trinajstić information content (AvgIpc) is 3.17. The summed E-state index contributed by atoms with van der Waals surface area (Å²) < 4.78 is 1.92. The first-order valence-electron chi connectivity index (χ1n) is 7.23. The summed E-state index contributed by atoms with van der Waals surface area (Å²) in [4.78, 5) is 16.4. The van der Waals surface area contributed by atoms with E-state index in [1.54, 1.807) is 0 Å². The van der Waals surface area contributed by atoms with E-state index in [0.717, 1.165) is 23.4 Å². The van der Waals surface area contributed by atoms with Gasteiger partial charge in [0.05, 0.1) is 5.69 Å². The maximum absolute atomic E-state index is 12.0. The summed E-state index contributed by atoms with van der Waals surface area (Å²) in [5, 5.41) is 10.9. The van der Waals surface area contributed by atoms with Crippen molar-refractivity contribution in [3.05, 3.63) is 30.2 Å². The zero-order valence-electron chi connectivity index (χ0n) is 12.4. The fraction of sp³-hybridized carbons (Fsp3) is 0.375. The monoisotopic (exact) mass is 295 g/mol. The van der Waals surface area contributed by atoms with Crippen LogP contribution in [0.15, 0.2) is 34.8 Å². The first-order valence-corrected chi connectivity index (χ1v) is 7.23. The standard InChI is InChI=1S/C16H17N5O/c1-3-4-7-16(19-20-16)8-5-15(22)18-13-6-9-21-11-12(2)17-14(21)10-13/h1,6,9-11H,4-5,7-8H2,2H3,(H,18,22). The fourth-order valence-corrected chi connectivity index (χ4v) is 2.39. The number of nitrogens with zero attached hydrogens (tertiary/aromatic N) is 4. The van der Waals surface area contributed by atoms with Gasteiger partial charge in [-0.3, -0.25) is 4.79 Å². The number of aromatic nitrogens is 2. The summed E-state index contributed by atoms with van der Waals surface area (Å²) in [5.41, 5.74) is 2.09. The van der Waals surface area contributed by atoms with Crippen LogP contribution in [0.2, 0.25) is 0 Å². The van der Waals surface area contributed by atoms with Crippen molar-refractivity contribution in [2.75, 3.05) is 5.32 Å². The van der Waals surface area contributed by atoms with E-state index in [2.05, 4.69) is 26.4 Å². The maximum Gasteiger partial charge on any atom is 0.224 e. The summed E-state index contributed by atoms with van der Waals surface area (Å²) in [6.45, 7) is 1.93.